The molecule has 2 heterocycles. The molecule has 1 aromatic heterocycles. The number of nitrogens with one attached hydrogen (secondary N) is 1. The monoisotopic (exact) mass is 645 g/mol. The van der Waals surface area contributed by atoms with Gasteiger partial charge in [-0.2, -0.15) is 4.98 Å². The van der Waals surface area contributed by atoms with Crippen LogP contribution in [0.2, 0.25) is 0 Å². The SMILES string of the molecule is CCOC(=O)ON1CCN(C(=O)[C@H](Cc2ccc(C(=O)OC)cc2)NC(=O)c2cc(OC3CCCC3)nc(-c3ccccc3)n2)CC1. The van der Waals surface area contributed by atoms with Crippen molar-refractivity contribution in [3.05, 3.63) is 77.5 Å². The minimum absolute atomic E-state index is 0.0122. The average molecular weight is 646 g/mol. The van der Waals surface area contributed by atoms with Gasteiger partial charge in [0, 0.05) is 31.1 Å². The van der Waals surface area contributed by atoms with Gasteiger partial charge in [0.2, 0.25) is 11.8 Å². The third-order valence-electron chi connectivity index (χ3n) is 7.99. The average Bonchev–Trinajstić information content (AvgIpc) is 3.61. The summed E-state index contributed by atoms with van der Waals surface area (Å²) < 4.78 is 15.8. The second-order valence-corrected chi connectivity index (χ2v) is 11.3. The summed E-state index contributed by atoms with van der Waals surface area (Å²) in [5, 5.41) is 4.34. The Morgan fingerprint density at radius 3 is 2.30 bits per heavy atom. The number of amides is 2. The Kier molecular flexibility index (Phi) is 11.3. The number of piperazine rings is 1. The molecule has 0 bridgehead atoms. The van der Waals surface area contributed by atoms with E-state index in [1.54, 1.807) is 36.1 Å². The first-order valence-corrected chi connectivity index (χ1v) is 15.8. The van der Waals surface area contributed by atoms with Crippen LogP contribution in [-0.2, 0) is 25.5 Å². The van der Waals surface area contributed by atoms with E-state index in [1.807, 2.05) is 30.3 Å². The zero-order chi connectivity index (χ0) is 33.2. The number of nitrogens with zero attached hydrogens (tertiary/aromatic N) is 4. The summed E-state index contributed by atoms with van der Waals surface area (Å²) in [4.78, 5) is 67.5. The molecule has 0 unspecified atom stereocenters. The predicted octanol–water partition coefficient (Wildman–Crippen LogP) is 3.83. The maximum absolute atomic E-state index is 13.9. The molecule has 2 aromatic carbocycles. The van der Waals surface area contributed by atoms with Gasteiger partial charge in [-0.1, -0.05) is 42.5 Å². The number of hydrogen-bond acceptors (Lipinski definition) is 11. The number of rotatable bonds is 11. The molecule has 47 heavy (non-hydrogen) atoms. The van der Waals surface area contributed by atoms with Crippen LogP contribution < -0.4 is 10.1 Å². The van der Waals surface area contributed by atoms with Gasteiger partial charge in [-0.05, 0) is 50.3 Å². The van der Waals surface area contributed by atoms with E-state index in [0.717, 1.165) is 36.8 Å². The van der Waals surface area contributed by atoms with Crippen molar-refractivity contribution in [1.29, 1.82) is 0 Å². The van der Waals surface area contributed by atoms with Gasteiger partial charge in [0.1, 0.15) is 17.8 Å². The van der Waals surface area contributed by atoms with Gasteiger partial charge in [-0.25, -0.2) is 14.6 Å². The zero-order valence-corrected chi connectivity index (χ0v) is 26.6. The number of carbonyl (C=O) groups is 4. The molecule has 0 spiro atoms. The van der Waals surface area contributed by atoms with E-state index in [2.05, 4.69) is 15.3 Å². The quantitative estimate of drug-likeness (QED) is 0.303. The first kappa shape index (κ1) is 33.3. The van der Waals surface area contributed by atoms with Crippen molar-refractivity contribution in [1.82, 2.24) is 25.2 Å². The molecule has 2 aliphatic rings. The third kappa shape index (κ3) is 9.03. The highest BCUT2D eigenvalue weighted by atomic mass is 16.8. The van der Waals surface area contributed by atoms with Crippen LogP contribution in [0.3, 0.4) is 0 Å². The minimum atomic E-state index is -0.974. The van der Waals surface area contributed by atoms with Crippen molar-refractivity contribution in [2.75, 3.05) is 39.9 Å². The maximum atomic E-state index is 13.9. The third-order valence-corrected chi connectivity index (χ3v) is 7.99. The lowest BCUT2D eigenvalue weighted by Crippen LogP contribution is -2.55. The van der Waals surface area contributed by atoms with Crippen LogP contribution in [-0.4, -0.2) is 95.9 Å². The lowest BCUT2D eigenvalue weighted by molar-refractivity contribution is -0.157. The number of hydroxylamine groups is 2. The lowest BCUT2D eigenvalue weighted by atomic mass is 10.0. The summed E-state index contributed by atoms with van der Waals surface area (Å²) in [6, 6.07) is 16.5. The molecule has 248 valence electrons. The van der Waals surface area contributed by atoms with E-state index in [0.29, 0.717) is 17.3 Å². The summed E-state index contributed by atoms with van der Waals surface area (Å²) in [6.07, 6.45) is 3.32. The Balaban J connectivity index is 1.37. The van der Waals surface area contributed by atoms with Gasteiger partial charge >= 0.3 is 12.1 Å². The summed E-state index contributed by atoms with van der Waals surface area (Å²) in [6.45, 7) is 2.93. The lowest BCUT2D eigenvalue weighted by Gasteiger charge is -2.35. The summed E-state index contributed by atoms with van der Waals surface area (Å²) in [7, 11) is 1.30. The molecule has 5 rings (SSSR count). The molecule has 0 radical (unpaired) electrons. The van der Waals surface area contributed by atoms with Crippen molar-refractivity contribution in [3.63, 3.8) is 0 Å². The highest BCUT2D eigenvalue weighted by Crippen LogP contribution is 2.25. The maximum Gasteiger partial charge on any atom is 0.527 e. The number of hydrogen-bond donors (Lipinski definition) is 1. The Labute approximate surface area is 273 Å². The molecule has 1 saturated carbocycles. The first-order chi connectivity index (χ1) is 22.8. The summed E-state index contributed by atoms with van der Waals surface area (Å²) in [5.41, 5.74) is 1.88. The molecule has 13 heteroatoms. The number of aromatic nitrogens is 2. The number of esters is 1. The second-order valence-electron chi connectivity index (χ2n) is 11.3. The van der Waals surface area contributed by atoms with Crippen molar-refractivity contribution in [3.8, 4) is 17.3 Å². The normalized spacial score (nSPS) is 15.8. The molecule has 1 aliphatic carbocycles. The Hall–Kier alpha value is -5.04. The molecule has 2 amide bonds. The van der Waals surface area contributed by atoms with Crippen LogP contribution in [0.1, 0.15) is 59.0 Å². The van der Waals surface area contributed by atoms with Gasteiger partial charge in [0.15, 0.2) is 5.82 Å². The van der Waals surface area contributed by atoms with Gasteiger partial charge in [0.25, 0.3) is 5.91 Å². The molecule has 2 fully saturated rings. The van der Waals surface area contributed by atoms with Crippen LogP contribution in [0.25, 0.3) is 11.4 Å². The van der Waals surface area contributed by atoms with Crippen LogP contribution >= 0.6 is 0 Å². The summed E-state index contributed by atoms with van der Waals surface area (Å²) in [5.74, 6) is -0.713. The van der Waals surface area contributed by atoms with Gasteiger partial charge in [0.05, 0.1) is 32.4 Å². The van der Waals surface area contributed by atoms with Crippen LogP contribution in [0.15, 0.2) is 60.7 Å². The molecule has 1 N–H and O–H groups in total. The molecule has 13 nitrogen and oxygen atoms in total. The zero-order valence-electron chi connectivity index (χ0n) is 26.6. The molecular weight excluding hydrogens is 606 g/mol. The van der Waals surface area contributed by atoms with E-state index < -0.39 is 24.1 Å². The molecule has 3 aromatic rings. The van der Waals surface area contributed by atoms with Crippen molar-refractivity contribution in [2.24, 2.45) is 0 Å². The van der Waals surface area contributed by atoms with Crippen LogP contribution in [0, 0.1) is 0 Å². The second kappa shape index (κ2) is 16.0. The fourth-order valence-corrected chi connectivity index (χ4v) is 5.53. The predicted molar refractivity (Wildman–Crippen MR) is 169 cm³/mol. The molecule has 1 atom stereocenters. The number of carbonyl (C=O) groups excluding carboxylic acids is 4. The van der Waals surface area contributed by atoms with Crippen molar-refractivity contribution < 1.29 is 38.2 Å². The fraction of sp³-hybridized carbons (Fsp3) is 0.412. The van der Waals surface area contributed by atoms with E-state index in [4.69, 9.17) is 19.0 Å². The van der Waals surface area contributed by atoms with E-state index in [-0.39, 0.29) is 56.9 Å². The smallest absolute Gasteiger partial charge is 0.474 e. The van der Waals surface area contributed by atoms with Gasteiger partial charge in [-0.15, -0.1) is 5.06 Å². The Morgan fingerprint density at radius 1 is 0.936 bits per heavy atom. The largest absolute Gasteiger partial charge is 0.527 e. The summed E-state index contributed by atoms with van der Waals surface area (Å²) >= 11 is 0. The molecular formula is C34H39N5O8. The first-order valence-electron chi connectivity index (χ1n) is 15.8. The van der Waals surface area contributed by atoms with Crippen molar-refractivity contribution >= 4 is 23.9 Å². The number of benzene rings is 2. The van der Waals surface area contributed by atoms with Gasteiger partial charge in [-0.3, -0.25) is 9.59 Å². The van der Waals surface area contributed by atoms with Crippen LogP contribution in [0.5, 0.6) is 5.88 Å². The fourth-order valence-electron chi connectivity index (χ4n) is 5.53. The van der Waals surface area contributed by atoms with Gasteiger partial charge < -0.3 is 29.3 Å². The Morgan fingerprint density at radius 2 is 1.64 bits per heavy atom. The number of ether oxygens (including phenoxy) is 3. The topological polar surface area (TPSA) is 149 Å². The number of methoxy groups -OCH3 is 1. The highest BCUT2D eigenvalue weighted by Gasteiger charge is 2.31. The Bertz CT molecular complexity index is 1540. The van der Waals surface area contributed by atoms with E-state index >= 15 is 0 Å². The van der Waals surface area contributed by atoms with Crippen molar-refractivity contribution in [2.45, 2.75) is 51.2 Å². The standard InChI is InChI=1S/C34H39N5O8/c1-3-45-34(43)47-39-19-17-38(18-20-39)32(41)28(21-23-13-15-25(16-14-23)33(42)44-2)36-31(40)27-22-29(46-26-11-7-8-12-26)37-30(35-27)24-9-5-4-6-10-24/h4-6,9-10,13-16,22,26,28H,3,7-8,11-12,17-21H2,1-2H3,(H,36,40)/t28-/m0/s1. The highest BCUT2D eigenvalue weighted by molar-refractivity contribution is 5.97. The minimum Gasteiger partial charge on any atom is -0.474 e. The van der Waals surface area contributed by atoms with E-state index in [1.165, 1.54) is 18.2 Å². The van der Waals surface area contributed by atoms with E-state index in [9.17, 15) is 19.2 Å². The molecule has 1 aliphatic heterocycles. The molecule has 1 saturated heterocycles. The van der Waals surface area contributed by atoms with Crippen LogP contribution in [0.4, 0.5) is 4.79 Å².